The minimum atomic E-state index is 0.373. The fourth-order valence-corrected chi connectivity index (χ4v) is 1.65. The maximum Gasteiger partial charge on any atom is 0.147 e. The van der Waals surface area contributed by atoms with Crippen molar-refractivity contribution in [2.24, 2.45) is 0 Å². The first-order valence-electron chi connectivity index (χ1n) is 4.46. The standard InChI is InChI=1S/C12H6Cl3O/c13-8-3-1-4-9(7-8)16-11-6-2-5-10(14)12(11)15/h1-3,5-7H. The van der Waals surface area contributed by atoms with E-state index in [1.54, 1.807) is 36.4 Å². The van der Waals surface area contributed by atoms with Crippen molar-refractivity contribution in [2.45, 2.75) is 0 Å². The van der Waals surface area contributed by atoms with Gasteiger partial charge in [0.15, 0.2) is 0 Å². The highest BCUT2D eigenvalue weighted by atomic mass is 35.5. The third kappa shape index (κ3) is 2.62. The van der Waals surface area contributed by atoms with Gasteiger partial charge in [-0.2, -0.15) is 0 Å². The number of hydrogen-bond acceptors (Lipinski definition) is 1. The lowest BCUT2D eigenvalue weighted by Crippen LogP contribution is -1.85. The van der Waals surface area contributed by atoms with E-state index < -0.39 is 0 Å². The predicted molar refractivity (Wildman–Crippen MR) is 66.8 cm³/mol. The second-order valence-electron chi connectivity index (χ2n) is 3.03. The van der Waals surface area contributed by atoms with Gasteiger partial charge in [0.1, 0.15) is 16.5 Å². The molecule has 0 amide bonds. The largest absolute Gasteiger partial charge is 0.455 e. The molecule has 0 saturated carbocycles. The molecule has 2 aromatic rings. The average molecular weight is 273 g/mol. The smallest absolute Gasteiger partial charge is 0.147 e. The van der Waals surface area contributed by atoms with Crippen LogP contribution in [0.15, 0.2) is 36.4 Å². The summed E-state index contributed by atoms with van der Waals surface area (Å²) in [7, 11) is 0. The second-order valence-corrected chi connectivity index (χ2v) is 4.25. The van der Waals surface area contributed by atoms with Gasteiger partial charge in [-0.25, -0.2) is 0 Å². The topological polar surface area (TPSA) is 9.23 Å². The maximum absolute atomic E-state index is 5.98. The van der Waals surface area contributed by atoms with Crippen molar-refractivity contribution >= 4 is 34.8 Å². The number of benzene rings is 2. The predicted octanol–water partition coefficient (Wildman–Crippen LogP) is 5.24. The molecular weight excluding hydrogens is 266 g/mol. The van der Waals surface area contributed by atoms with Gasteiger partial charge in [-0.3, -0.25) is 0 Å². The molecule has 0 spiro atoms. The van der Waals surface area contributed by atoms with Crippen LogP contribution in [0.3, 0.4) is 0 Å². The molecule has 0 unspecified atom stereocenters. The summed E-state index contributed by atoms with van der Waals surface area (Å²) >= 11 is 17.7. The van der Waals surface area contributed by atoms with E-state index in [-0.39, 0.29) is 0 Å². The Bertz CT molecular complexity index is 511. The summed E-state index contributed by atoms with van der Waals surface area (Å²) in [6, 6.07) is 13.1. The molecule has 0 saturated heterocycles. The molecule has 0 heterocycles. The Balaban J connectivity index is 2.31. The van der Waals surface area contributed by atoms with Crippen LogP contribution in [0.5, 0.6) is 11.5 Å². The minimum absolute atomic E-state index is 0.373. The van der Waals surface area contributed by atoms with Crippen LogP contribution in [0.2, 0.25) is 15.1 Å². The van der Waals surface area contributed by atoms with Gasteiger partial charge in [-0.05, 0) is 24.3 Å². The third-order valence-corrected chi connectivity index (χ3v) is 2.91. The highest BCUT2D eigenvalue weighted by Gasteiger charge is 2.06. The molecule has 81 valence electrons. The Labute approximate surface area is 109 Å². The fourth-order valence-electron chi connectivity index (χ4n) is 1.16. The molecule has 0 atom stereocenters. The zero-order chi connectivity index (χ0) is 11.5. The summed E-state index contributed by atoms with van der Waals surface area (Å²) in [6.07, 6.45) is 0. The molecule has 2 aromatic carbocycles. The van der Waals surface area contributed by atoms with Crippen molar-refractivity contribution in [1.82, 2.24) is 0 Å². The van der Waals surface area contributed by atoms with E-state index in [4.69, 9.17) is 39.5 Å². The number of halogens is 3. The highest BCUT2D eigenvalue weighted by molar-refractivity contribution is 6.42. The lowest BCUT2D eigenvalue weighted by atomic mass is 10.3. The summed E-state index contributed by atoms with van der Waals surface area (Å²) in [5.74, 6) is 0.976. The Kier molecular flexibility index (Phi) is 3.59. The summed E-state index contributed by atoms with van der Waals surface area (Å²) in [5, 5.41) is 1.39. The maximum atomic E-state index is 5.98. The molecule has 2 rings (SSSR count). The van der Waals surface area contributed by atoms with E-state index in [1.165, 1.54) is 0 Å². The molecule has 0 aliphatic carbocycles. The van der Waals surface area contributed by atoms with E-state index in [2.05, 4.69) is 6.07 Å². The van der Waals surface area contributed by atoms with Crippen LogP contribution in [-0.2, 0) is 0 Å². The molecule has 0 fully saturated rings. The second kappa shape index (κ2) is 4.96. The molecule has 0 aliphatic heterocycles. The van der Waals surface area contributed by atoms with Crippen LogP contribution < -0.4 is 4.74 Å². The van der Waals surface area contributed by atoms with Crippen LogP contribution in [0.25, 0.3) is 0 Å². The van der Waals surface area contributed by atoms with Gasteiger partial charge in [0.2, 0.25) is 0 Å². The van der Waals surface area contributed by atoms with Crippen LogP contribution in [-0.4, -0.2) is 0 Å². The average Bonchev–Trinajstić information content (AvgIpc) is 2.25. The SMILES string of the molecule is Clc1cc[c]c(Oc2cccc(Cl)c2Cl)c1. The number of ether oxygens (including phenoxy) is 1. The van der Waals surface area contributed by atoms with Crippen molar-refractivity contribution < 1.29 is 4.74 Å². The summed E-state index contributed by atoms with van der Waals surface area (Å²) in [4.78, 5) is 0. The number of hydrogen-bond donors (Lipinski definition) is 0. The van der Waals surface area contributed by atoms with E-state index in [1.807, 2.05) is 0 Å². The minimum Gasteiger partial charge on any atom is -0.455 e. The van der Waals surface area contributed by atoms with Gasteiger partial charge < -0.3 is 4.74 Å². The molecular formula is C12H6Cl3O. The van der Waals surface area contributed by atoms with Gasteiger partial charge in [0.25, 0.3) is 0 Å². The zero-order valence-electron chi connectivity index (χ0n) is 8.01. The van der Waals surface area contributed by atoms with Crippen molar-refractivity contribution in [3.05, 3.63) is 57.5 Å². The molecule has 0 aromatic heterocycles. The van der Waals surface area contributed by atoms with Crippen molar-refractivity contribution in [3.8, 4) is 11.5 Å². The fraction of sp³-hybridized carbons (Fsp3) is 0. The molecule has 0 aliphatic rings. The van der Waals surface area contributed by atoms with Crippen molar-refractivity contribution in [3.63, 3.8) is 0 Å². The van der Waals surface area contributed by atoms with Crippen molar-refractivity contribution in [2.75, 3.05) is 0 Å². The van der Waals surface area contributed by atoms with Gasteiger partial charge >= 0.3 is 0 Å². The van der Waals surface area contributed by atoms with Gasteiger partial charge in [0.05, 0.1) is 5.02 Å². The van der Waals surface area contributed by atoms with E-state index in [0.717, 1.165) is 0 Å². The Morgan fingerprint density at radius 2 is 1.88 bits per heavy atom. The quantitative estimate of drug-likeness (QED) is 0.726. The lowest BCUT2D eigenvalue weighted by molar-refractivity contribution is 0.482. The molecule has 4 heteroatoms. The normalized spacial score (nSPS) is 10.2. The lowest BCUT2D eigenvalue weighted by Gasteiger charge is -2.07. The Morgan fingerprint density at radius 1 is 1.06 bits per heavy atom. The summed E-state index contributed by atoms with van der Waals surface area (Å²) in [6.45, 7) is 0. The third-order valence-electron chi connectivity index (χ3n) is 1.87. The molecule has 1 nitrogen and oxygen atoms in total. The van der Waals surface area contributed by atoms with Crippen LogP contribution in [0, 0.1) is 6.07 Å². The molecule has 0 bridgehead atoms. The zero-order valence-corrected chi connectivity index (χ0v) is 10.3. The van der Waals surface area contributed by atoms with Gasteiger partial charge in [-0.1, -0.05) is 40.9 Å². The van der Waals surface area contributed by atoms with Crippen LogP contribution in [0.1, 0.15) is 0 Å². The number of rotatable bonds is 2. The van der Waals surface area contributed by atoms with E-state index in [0.29, 0.717) is 26.6 Å². The first-order chi connectivity index (χ1) is 7.66. The molecule has 16 heavy (non-hydrogen) atoms. The monoisotopic (exact) mass is 271 g/mol. The van der Waals surface area contributed by atoms with Crippen LogP contribution in [0.4, 0.5) is 0 Å². The Morgan fingerprint density at radius 3 is 2.62 bits per heavy atom. The molecule has 0 N–H and O–H groups in total. The van der Waals surface area contributed by atoms with E-state index >= 15 is 0 Å². The van der Waals surface area contributed by atoms with E-state index in [9.17, 15) is 0 Å². The first kappa shape index (κ1) is 11.6. The highest BCUT2D eigenvalue weighted by Crippen LogP contribution is 2.34. The van der Waals surface area contributed by atoms with Gasteiger partial charge in [0, 0.05) is 17.2 Å². The van der Waals surface area contributed by atoms with Gasteiger partial charge in [-0.15, -0.1) is 0 Å². The van der Waals surface area contributed by atoms with Crippen molar-refractivity contribution in [1.29, 1.82) is 0 Å². The summed E-state index contributed by atoms with van der Waals surface area (Å²) in [5.41, 5.74) is 0. The first-order valence-corrected chi connectivity index (χ1v) is 5.59. The Hall–Kier alpha value is -0.890. The van der Waals surface area contributed by atoms with Crippen LogP contribution >= 0.6 is 34.8 Å². The summed E-state index contributed by atoms with van der Waals surface area (Å²) < 4.78 is 5.51. The molecule has 1 radical (unpaired) electrons.